The summed E-state index contributed by atoms with van der Waals surface area (Å²) in [7, 11) is -3.45. The maximum Gasteiger partial charge on any atom is 0.278 e. The number of nitrogens with zero attached hydrogens (tertiary/aromatic N) is 3. The molecule has 0 saturated heterocycles. The van der Waals surface area contributed by atoms with Gasteiger partial charge in [-0.2, -0.15) is 0 Å². The van der Waals surface area contributed by atoms with Crippen LogP contribution in [-0.4, -0.2) is 55.1 Å². The fraction of sp³-hybridized carbons (Fsp3) is 0.231. The van der Waals surface area contributed by atoms with Gasteiger partial charge in [-0.1, -0.05) is 42.5 Å². The zero-order valence-electron chi connectivity index (χ0n) is 19.9. The zero-order valence-corrected chi connectivity index (χ0v) is 20.7. The number of amides is 1. The van der Waals surface area contributed by atoms with Crippen LogP contribution < -0.4 is 15.2 Å². The number of halogens is 1. The van der Waals surface area contributed by atoms with Crippen molar-refractivity contribution < 1.29 is 27.4 Å². The first-order valence-electron chi connectivity index (χ1n) is 11.5. The highest BCUT2D eigenvalue weighted by Gasteiger charge is 2.38. The van der Waals surface area contributed by atoms with Gasteiger partial charge < -0.3 is 14.7 Å². The molecule has 3 aromatic rings. The van der Waals surface area contributed by atoms with Crippen molar-refractivity contribution in [2.75, 3.05) is 31.1 Å². The number of ether oxygens (including phenoxy) is 1. The van der Waals surface area contributed by atoms with Crippen LogP contribution in [0.3, 0.4) is 0 Å². The molecule has 2 aromatic carbocycles. The summed E-state index contributed by atoms with van der Waals surface area (Å²) >= 11 is 0. The van der Waals surface area contributed by atoms with Crippen LogP contribution in [-0.2, 0) is 15.6 Å². The lowest BCUT2D eigenvalue weighted by Crippen LogP contribution is -2.55. The van der Waals surface area contributed by atoms with E-state index in [-0.39, 0.29) is 37.0 Å². The molecule has 0 fully saturated rings. The Balaban J connectivity index is 1.85. The number of aromatic nitrogens is 1. The van der Waals surface area contributed by atoms with E-state index in [0.29, 0.717) is 16.7 Å². The van der Waals surface area contributed by atoms with Crippen LogP contribution in [0.4, 0.5) is 4.39 Å². The molecule has 0 aliphatic carbocycles. The van der Waals surface area contributed by atoms with Crippen LogP contribution in [0.15, 0.2) is 71.7 Å². The SMILES string of the molecule is CS(=O)(=O)Cc1ccccc1[C@@H]1c2cccc(F)c2OC/C=C\CN2CN1n1ccc(=O)c(O)c1C2=O. The molecule has 9 nitrogen and oxygen atoms in total. The smallest absolute Gasteiger partial charge is 0.278 e. The number of para-hydroxylation sites is 1. The van der Waals surface area contributed by atoms with Crippen LogP contribution in [0.5, 0.6) is 11.5 Å². The predicted octanol–water partition coefficient (Wildman–Crippen LogP) is 2.33. The van der Waals surface area contributed by atoms with E-state index >= 15 is 4.39 Å². The highest BCUT2D eigenvalue weighted by atomic mass is 32.2. The number of hydrogen-bond donors (Lipinski definition) is 1. The molecule has 2 bridgehead atoms. The van der Waals surface area contributed by atoms with Crippen LogP contribution >= 0.6 is 0 Å². The van der Waals surface area contributed by atoms with E-state index in [0.717, 1.165) is 12.3 Å². The van der Waals surface area contributed by atoms with E-state index in [9.17, 15) is 23.1 Å². The van der Waals surface area contributed by atoms with Crippen LogP contribution in [0.1, 0.15) is 33.2 Å². The summed E-state index contributed by atoms with van der Waals surface area (Å²) in [5, 5.41) is 12.3. The summed E-state index contributed by atoms with van der Waals surface area (Å²) in [5.41, 5.74) is 0.443. The summed E-state index contributed by atoms with van der Waals surface area (Å²) in [4.78, 5) is 27.0. The highest BCUT2D eigenvalue weighted by Crippen LogP contribution is 2.39. The molecule has 2 aliphatic rings. The van der Waals surface area contributed by atoms with Crippen molar-refractivity contribution in [1.82, 2.24) is 9.58 Å². The van der Waals surface area contributed by atoms with Gasteiger partial charge in [0.15, 0.2) is 32.8 Å². The fourth-order valence-corrected chi connectivity index (χ4v) is 5.56. The van der Waals surface area contributed by atoms with E-state index in [4.69, 9.17) is 4.74 Å². The van der Waals surface area contributed by atoms with E-state index < -0.39 is 38.8 Å². The third-order valence-corrected chi connectivity index (χ3v) is 7.15. The van der Waals surface area contributed by atoms with Crippen molar-refractivity contribution in [2.24, 2.45) is 0 Å². The molecule has 1 aromatic heterocycles. The van der Waals surface area contributed by atoms with Gasteiger partial charge in [-0.05, 0) is 23.3 Å². The Kier molecular flexibility index (Phi) is 6.24. The lowest BCUT2D eigenvalue weighted by atomic mass is 9.93. The van der Waals surface area contributed by atoms with Gasteiger partial charge in [-0.25, -0.2) is 12.8 Å². The summed E-state index contributed by atoms with van der Waals surface area (Å²) in [6, 6.07) is 11.6. The lowest BCUT2D eigenvalue weighted by Gasteiger charge is -2.44. The molecule has 0 spiro atoms. The second-order valence-corrected chi connectivity index (χ2v) is 11.1. The van der Waals surface area contributed by atoms with Gasteiger partial charge in [0.05, 0.1) is 5.75 Å². The van der Waals surface area contributed by atoms with Crippen molar-refractivity contribution in [1.29, 1.82) is 0 Å². The van der Waals surface area contributed by atoms with Crippen molar-refractivity contribution in [3.8, 4) is 11.5 Å². The second kappa shape index (κ2) is 9.40. The molecular weight excluding hydrogens is 501 g/mol. The summed E-state index contributed by atoms with van der Waals surface area (Å²) in [6.07, 6.45) is 5.83. The number of aromatic hydroxyl groups is 1. The number of rotatable bonds is 3. The zero-order chi connectivity index (χ0) is 26.3. The number of carbonyl (C=O) groups excluding carboxylic acids is 1. The second-order valence-electron chi connectivity index (χ2n) is 8.94. The summed E-state index contributed by atoms with van der Waals surface area (Å²) in [5.74, 6) is -2.17. The Morgan fingerprint density at radius 3 is 2.59 bits per heavy atom. The third kappa shape index (κ3) is 4.57. The number of benzene rings is 2. The van der Waals surface area contributed by atoms with Crippen LogP contribution in [0, 0.1) is 5.82 Å². The Bertz CT molecular complexity index is 1580. The highest BCUT2D eigenvalue weighted by molar-refractivity contribution is 7.89. The van der Waals surface area contributed by atoms with Crippen LogP contribution in [0.25, 0.3) is 0 Å². The average Bonchev–Trinajstić information content (AvgIpc) is 2.87. The predicted molar refractivity (Wildman–Crippen MR) is 134 cm³/mol. The largest absolute Gasteiger partial charge is 0.502 e. The molecule has 0 unspecified atom stereocenters. The molecule has 192 valence electrons. The number of pyridine rings is 1. The van der Waals surface area contributed by atoms with Gasteiger partial charge in [0.1, 0.15) is 19.3 Å². The molecule has 2 aliphatic heterocycles. The monoisotopic (exact) mass is 525 g/mol. The molecular formula is C26H24FN3O6S. The average molecular weight is 526 g/mol. The van der Waals surface area contributed by atoms with Crippen molar-refractivity contribution in [2.45, 2.75) is 11.8 Å². The summed E-state index contributed by atoms with van der Waals surface area (Å²) in [6.45, 7) is 0.160. The maximum atomic E-state index is 15.2. The Hall–Kier alpha value is -4.12. The minimum absolute atomic E-state index is 0.00763. The van der Waals surface area contributed by atoms with E-state index in [1.54, 1.807) is 47.5 Å². The molecule has 1 atom stereocenters. The molecule has 37 heavy (non-hydrogen) atoms. The Labute approximate surface area is 212 Å². The molecule has 1 N–H and O–H groups in total. The molecule has 5 rings (SSSR count). The first-order chi connectivity index (χ1) is 17.7. The molecule has 0 radical (unpaired) electrons. The van der Waals surface area contributed by atoms with Gasteiger partial charge in [0.2, 0.25) is 5.43 Å². The first kappa shape index (κ1) is 24.6. The van der Waals surface area contributed by atoms with Crippen molar-refractivity contribution in [3.05, 3.63) is 105 Å². The minimum Gasteiger partial charge on any atom is -0.502 e. The number of fused-ring (bicyclic) bond motifs is 5. The summed E-state index contributed by atoms with van der Waals surface area (Å²) < 4.78 is 47.0. The Morgan fingerprint density at radius 1 is 1.05 bits per heavy atom. The molecule has 0 saturated carbocycles. The maximum absolute atomic E-state index is 15.2. The normalized spacial score (nSPS) is 18.3. The molecule has 3 heterocycles. The van der Waals surface area contributed by atoms with E-state index in [1.807, 2.05) is 0 Å². The minimum atomic E-state index is -3.45. The van der Waals surface area contributed by atoms with E-state index in [2.05, 4.69) is 0 Å². The van der Waals surface area contributed by atoms with Gasteiger partial charge >= 0.3 is 0 Å². The number of carbonyl (C=O) groups is 1. The van der Waals surface area contributed by atoms with Crippen molar-refractivity contribution in [3.63, 3.8) is 0 Å². The standard InChI is InChI=1S/C26H24FN3O6S/c1-37(34,35)15-17-7-2-3-8-18(17)22-19-9-6-10-20(27)25(19)36-14-5-4-12-28-16-30(22)29-13-11-21(31)24(32)23(29)26(28)33/h2-11,13,22,32H,12,14-16H2,1H3/b5-4-/t22-/m1/s1. The quantitative estimate of drug-likeness (QED) is 0.523. The fourth-order valence-electron chi connectivity index (χ4n) is 4.73. The Morgan fingerprint density at radius 2 is 1.81 bits per heavy atom. The topological polar surface area (TPSA) is 109 Å². The molecule has 1 amide bonds. The number of sulfone groups is 1. The third-order valence-electron chi connectivity index (χ3n) is 6.31. The van der Waals surface area contributed by atoms with Crippen molar-refractivity contribution >= 4 is 15.7 Å². The van der Waals surface area contributed by atoms with E-state index in [1.165, 1.54) is 27.9 Å². The first-order valence-corrected chi connectivity index (χ1v) is 13.5. The van der Waals surface area contributed by atoms with Gasteiger partial charge in [0, 0.05) is 30.6 Å². The lowest BCUT2D eigenvalue weighted by molar-refractivity contribution is 0.0701. The van der Waals surface area contributed by atoms with Gasteiger partial charge in [-0.3, -0.25) is 19.3 Å². The van der Waals surface area contributed by atoms with Gasteiger partial charge in [0.25, 0.3) is 5.91 Å². The molecule has 11 heteroatoms. The van der Waals surface area contributed by atoms with Crippen LogP contribution in [0.2, 0.25) is 0 Å². The van der Waals surface area contributed by atoms with Gasteiger partial charge in [-0.15, -0.1) is 0 Å². The number of hydrogen-bond acceptors (Lipinski definition) is 7.